The quantitative estimate of drug-likeness (QED) is 0.789. The third kappa shape index (κ3) is 2.69. The highest BCUT2D eigenvalue weighted by Gasteiger charge is 2.22. The van der Waals surface area contributed by atoms with Gasteiger partial charge in [-0.1, -0.05) is 36.4 Å². The Hall–Kier alpha value is -1.79. The summed E-state index contributed by atoms with van der Waals surface area (Å²) in [4.78, 5) is 4.78. The van der Waals surface area contributed by atoms with Crippen LogP contribution in [0.2, 0.25) is 0 Å². The van der Waals surface area contributed by atoms with Gasteiger partial charge in [0, 0.05) is 12.4 Å². The smallest absolute Gasteiger partial charge is 0.153 e. The van der Waals surface area contributed by atoms with E-state index in [1.807, 2.05) is 25.2 Å². The number of pyridine rings is 1. The van der Waals surface area contributed by atoms with Crippen molar-refractivity contribution in [1.82, 2.24) is 25.3 Å². The molecule has 21 heavy (non-hydrogen) atoms. The maximum atomic E-state index is 4.78. The van der Waals surface area contributed by atoms with E-state index < -0.39 is 0 Å². The lowest BCUT2D eigenvalue weighted by atomic mass is 10.1. The molecule has 0 amide bonds. The molecular weight excluding hydrogens is 330 g/mol. The fraction of sp³-hybridized carbons (Fsp3) is 0.267. The van der Waals surface area contributed by atoms with Crippen LogP contribution in [0, 0.1) is 0 Å². The van der Waals surface area contributed by atoms with Crippen LogP contribution in [-0.4, -0.2) is 26.5 Å². The molecule has 0 aliphatic heterocycles. The van der Waals surface area contributed by atoms with Crippen LogP contribution < -0.4 is 5.32 Å². The molecule has 1 aromatic carbocycles. The van der Waals surface area contributed by atoms with E-state index in [4.69, 9.17) is 4.98 Å². The lowest BCUT2D eigenvalue weighted by molar-refractivity contribution is 0.558. The van der Waals surface area contributed by atoms with E-state index in [-0.39, 0.29) is 6.04 Å². The molecule has 1 N–H and O–H groups in total. The van der Waals surface area contributed by atoms with E-state index in [9.17, 15) is 0 Å². The minimum atomic E-state index is -0.0472. The molecule has 3 rings (SSSR count). The van der Waals surface area contributed by atoms with E-state index >= 15 is 0 Å². The van der Waals surface area contributed by atoms with Gasteiger partial charge in [-0.25, -0.2) is 4.68 Å². The monoisotopic (exact) mass is 345 g/mol. The van der Waals surface area contributed by atoms with Crippen molar-refractivity contribution in [1.29, 1.82) is 0 Å². The van der Waals surface area contributed by atoms with Crippen LogP contribution in [0.4, 0.5) is 0 Å². The Kier molecular flexibility index (Phi) is 3.98. The molecule has 0 aliphatic carbocycles. The minimum absolute atomic E-state index is 0.0472. The van der Waals surface area contributed by atoms with E-state index in [0.29, 0.717) is 0 Å². The Morgan fingerprint density at radius 3 is 2.76 bits per heavy atom. The van der Waals surface area contributed by atoms with Crippen molar-refractivity contribution in [3.05, 3.63) is 52.4 Å². The van der Waals surface area contributed by atoms with Gasteiger partial charge in [-0.3, -0.25) is 4.98 Å². The summed E-state index contributed by atoms with van der Waals surface area (Å²) in [6, 6.07) is 12.2. The highest BCUT2D eigenvalue weighted by molar-refractivity contribution is 9.10. The summed E-state index contributed by atoms with van der Waals surface area (Å²) in [7, 11) is 1.89. The molecule has 5 nitrogen and oxygen atoms in total. The maximum absolute atomic E-state index is 4.78. The molecule has 0 spiro atoms. The second kappa shape index (κ2) is 5.91. The number of benzene rings is 1. The number of hydrogen-bond acceptors (Lipinski definition) is 4. The zero-order chi connectivity index (χ0) is 14.8. The van der Waals surface area contributed by atoms with Gasteiger partial charge in [0.05, 0.1) is 22.9 Å². The Balaban J connectivity index is 2.11. The van der Waals surface area contributed by atoms with Gasteiger partial charge < -0.3 is 5.32 Å². The van der Waals surface area contributed by atoms with Crippen molar-refractivity contribution in [2.45, 2.75) is 13.0 Å². The van der Waals surface area contributed by atoms with E-state index in [0.717, 1.165) is 33.4 Å². The average Bonchev–Trinajstić information content (AvgIpc) is 2.84. The summed E-state index contributed by atoms with van der Waals surface area (Å²) < 4.78 is 2.51. The summed E-state index contributed by atoms with van der Waals surface area (Å²) in [5, 5.41) is 12.7. The largest absolute Gasteiger partial charge is 0.304 e. The minimum Gasteiger partial charge on any atom is -0.304 e. The zero-order valence-electron chi connectivity index (χ0n) is 11.9. The molecule has 1 unspecified atom stereocenters. The van der Waals surface area contributed by atoms with Gasteiger partial charge in [-0.15, -0.1) is 5.10 Å². The third-order valence-electron chi connectivity index (χ3n) is 3.42. The summed E-state index contributed by atoms with van der Waals surface area (Å²) in [6.07, 6.45) is 0. The molecule has 0 saturated carbocycles. The molecule has 3 aromatic rings. The van der Waals surface area contributed by atoms with Crippen molar-refractivity contribution >= 4 is 26.8 Å². The fourth-order valence-electron chi connectivity index (χ4n) is 2.43. The van der Waals surface area contributed by atoms with Crippen LogP contribution in [0.25, 0.3) is 10.9 Å². The molecule has 0 fully saturated rings. The normalized spacial score (nSPS) is 12.7. The second-order valence-electron chi connectivity index (χ2n) is 4.81. The lowest BCUT2D eigenvalue weighted by Gasteiger charge is -2.18. The molecule has 1 atom stereocenters. The molecule has 0 aliphatic rings. The molecule has 0 bridgehead atoms. The Morgan fingerprint density at radius 2 is 2.05 bits per heavy atom. The summed E-state index contributed by atoms with van der Waals surface area (Å²) >= 11 is 3.47. The molecule has 2 heterocycles. The van der Waals surface area contributed by atoms with Crippen molar-refractivity contribution in [2.24, 2.45) is 7.05 Å². The van der Waals surface area contributed by atoms with Crippen LogP contribution in [-0.2, 0) is 7.05 Å². The fourth-order valence-corrected chi connectivity index (χ4v) is 2.99. The van der Waals surface area contributed by atoms with E-state index in [1.54, 1.807) is 4.68 Å². The lowest BCUT2D eigenvalue weighted by Crippen LogP contribution is -2.25. The predicted molar refractivity (Wildman–Crippen MR) is 86.0 cm³/mol. The number of aryl methyl sites for hydroxylation is 1. The van der Waals surface area contributed by atoms with Gasteiger partial charge in [-0.2, -0.15) is 0 Å². The van der Waals surface area contributed by atoms with Gasteiger partial charge in [0.25, 0.3) is 0 Å². The summed E-state index contributed by atoms with van der Waals surface area (Å²) in [6.45, 7) is 2.91. The number of nitrogens with one attached hydrogen (secondary N) is 1. The Labute approximate surface area is 131 Å². The first-order valence-corrected chi connectivity index (χ1v) is 7.64. The molecule has 6 heteroatoms. The Bertz CT molecular complexity index is 748. The van der Waals surface area contributed by atoms with E-state index in [1.165, 1.54) is 0 Å². The van der Waals surface area contributed by atoms with Crippen LogP contribution >= 0.6 is 15.9 Å². The van der Waals surface area contributed by atoms with Crippen LogP contribution in [0.15, 0.2) is 41.0 Å². The zero-order valence-corrected chi connectivity index (χ0v) is 13.5. The highest BCUT2D eigenvalue weighted by Crippen LogP contribution is 2.26. The number of halogens is 1. The first-order chi connectivity index (χ1) is 10.2. The van der Waals surface area contributed by atoms with E-state index in [2.05, 4.69) is 56.7 Å². The third-order valence-corrected chi connectivity index (χ3v) is 3.99. The van der Waals surface area contributed by atoms with Crippen LogP contribution in [0.1, 0.15) is 24.4 Å². The summed E-state index contributed by atoms with van der Waals surface area (Å²) in [5.41, 5.74) is 2.92. The highest BCUT2D eigenvalue weighted by atomic mass is 79.9. The number of fused-ring (bicyclic) bond motifs is 1. The SMILES string of the molecule is CCNC(c1ccc2ccccc2n1)c1c(Br)nnn1C. The van der Waals surface area contributed by atoms with Gasteiger partial charge in [0.1, 0.15) is 0 Å². The van der Waals surface area contributed by atoms with Gasteiger partial charge in [-0.05, 0) is 34.6 Å². The molecule has 0 radical (unpaired) electrons. The van der Waals surface area contributed by atoms with Crippen molar-refractivity contribution < 1.29 is 0 Å². The standard InChI is InChI=1S/C15H16BrN5/c1-3-17-13(14-15(16)19-20-21(14)2)12-9-8-10-6-4-5-7-11(10)18-12/h4-9,13,17H,3H2,1-2H3. The second-order valence-corrected chi connectivity index (χ2v) is 5.56. The summed E-state index contributed by atoms with van der Waals surface area (Å²) in [5.74, 6) is 0. The Morgan fingerprint density at radius 1 is 1.24 bits per heavy atom. The average molecular weight is 346 g/mol. The van der Waals surface area contributed by atoms with Crippen molar-refractivity contribution in [2.75, 3.05) is 6.54 Å². The molecular formula is C15H16BrN5. The maximum Gasteiger partial charge on any atom is 0.153 e. The number of para-hydroxylation sites is 1. The van der Waals surface area contributed by atoms with Crippen molar-refractivity contribution in [3.8, 4) is 0 Å². The van der Waals surface area contributed by atoms with Crippen LogP contribution in [0.5, 0.6) is 0 Å². The number of rotatable bonds is 4. The first kappa shape index (κ1) is 14.2. The number of hydrogen-bond donors (Lipinski definition) is 1. The predicted octanol–water partition coefficient (Wildman–Crippen LogP) is 2.82. The van der Waals surface area contributed by atoms with Gasteiger partial charge in [0.15, 0.2) is 4.60 Å². The van der Waals surface area contributed by atoms with Gasteiger partial charge >= 0.3 is 0 Å². The molecule has 2 aromatic heterocycles. The molecule has 0 saturated heterocycles. The number of aromatic nitrogens is 4. The van der Waals surface area contributed by atoms with Crippen LogP contribution in [0.3, 0.4) is 0 Å². The number of nitrogens with zero attached hydrogens (tertiary/aromatic N) is 4. The van der Waals surface area contributed by atoms with Crippen molar-refractivity contribution in [3.63, 3.8) is 0 Å². The molecule has 108 valence electrons. The first-order valence-electron chi connectivity index (χ1n) is 6.85. The van der Waals surface area contributed by atoms with Gasteiger partial charge in [0.2, 0.25) is 0 Å². The topological polar surface area (TPSA) is 55.6 Å².